The van der Waals surface area contributed by atoms with Crippen molar-refractivity contribution in [2.45, 2.75) is 6.54 Å². The Hall–Kier alpha value is -4.20. The predicted octanol–water partition coefficient (Wildman–Crippen LogP) is 3.17. The topological polar surface area (TPSA) is 83.5 Å². The van der Waals surface area contributed by atoms with Gasteiger partial charge in [-0.3, -0.25) is 4.79 Å². The predicted molar refractivity (Wildman–Crippen MR) is 117 cm³/mol. The van der Waals surface area contributed by atoms with Crippen LogP contribution in [0.3, 0.4) is 0 Å². The van der Waals surface area contributed by atoms with Crippen LogP contribution in [0.25, 0.3) is 27.9 Å². The molecule has 8 heteroatoms. The fourth-order valence-electron chi connectivity index (χ4n) is 3.73. The molecule has 0 bridgehead atoms. The number of ether oxygens (including phenoxy) is 2. The number of fused-ring (bicyclic) bond motifs is 2. The Morgan fingerprint density at radius 2 is 1.77 bits per heavy atom. The van der Waals surface area contributed by atoms with Gasteiger partial charge in [0, 0.05) is 11.8 Å². The number of aromatic nitrogens is 5. The zero-order valence-electron chi connectivity index (χ0n) is 17.0. The Labute approximate surface area is 177 Å². The molecule has 0 aliphatic carbocycles. The number of pyridine rings is 1. The molecule has 2 aromatic carbocycles. The van der Waals surface area contributed by atoms with Crippen molar-refractivity contribution in [2.24, 2.45) is 0 Å². The van der Waals surface area contributed by atoms with Crippen LogP contribution in [0.15, 0.2) is 71.9 Å². The van der Waals surface area contributed by atoms with Gasteiger partial charge in [-0.05, 0) is 23.8 Å². The first-order chi connectivity index (χ1) is 15.2. The van der Waals surface area contributed by atoms with E-state index < -0.39 is 0 Å². The Morgan fingerprint density at radius 3 is 2.55 bits per heavy atom. The van der Waals surface area contributed by atoms with Gasteiger partial charge in [-0.25, -0.2) is 4.98 Å². The van der Waals surface area contributed by atoms with Gasteiger partial charge in [-0.15, -0.1) is 0 Å². The van der Waals surface area contributed by atoms with Gasteiger partial charge in [0.15, 0.2) is 11.5 Å². The van der Waals surface area contributed by atoms with E-state index in [1.807, 2.05) is 54.6 Å². The molecule has 0 amide bonds. The maximum Gasteiger partial charge on any atom is 0.262 e. The lowest BCUT2D eigenvalue weighted by Gasteiger charge is -2.13. The first-order valence-electron chi connectivity index (χ1n) is 9.69. The van der Waals surface area contributed by atoms with Gasteiger partial charge in [0.1, 0.15) is 6.33 Å². The largest absolute Gasteiger partial charge is 0.493 e. The van der Waals surface area contributed by atoms with E-state index in [2.05, 4.69) is 15.1 Å². The van der Waals surface area contributed by atoms with Crippen molar-refractivity contribution in [3.8, 4) is 22.8 Å². The second-order valence-corrected chi connectivity index (χ2v) is 7.00. The van der Waals surface area contributed by atoms with E-state index in [9.17, 15) is 4.79 Å². The van der Waals surface area contributed by atoms with E-state index in [0.717, 1.165) is 11.1 Å². The van der Waals surface area contributed by atoms with Crippen molar-refractivity contribution < 1.29 is 9.47 Å². The van der Waals surface area contributed by atoms with Gasteiger partial charge in [-0.1, -0.05) is 36.4 Å². The smallest absolute Gasteiger partial charge is 0.262 e. The van der Waals surface area contributed by atoms with Gasteiger partial charge < -0.3 is 14.0 Å². The highest BCUT2D eigenvalue weighted by Crippen LogP contribution is 2.28. The van der Waals surface area contributed by atoms with Gasteiger partial charge in [0.05, 0.1) is 37.4 Å². The number of methoxy groups -OCH3 is 2. The second kappa shape index (κ2) is 7.56. The van der Waals surface area contributed by atoms with Crippen LogP contribution in [0.2, 0.25) is 0 Å². The van der Waals surface area contributed by atoms with Gasteiger partial charge in [-0.2, -0.15) is 14.6 Å². The number of hydrogen-bond acceptors (Lipinski definition) is 6. The molecule has 3 heterocycles. The Morgan fingerprint density at radius 1 is 0.968 bits per heavy atom. The van der Waals surface area contributed by atoms with Gasteiger partial charge in [0.25, 0.3) is 11.3 Å². The van der Waals surface area contributed by atoms with Gasteiger partial charge >= 0.3 is 0 Å². The maximum atomic E-state index is 13.6. The standard InChI is InChI=1S/C23H19N5O3/c1-30-18-9-8-15(12-19(18)31-2)13-27-11-10-17-20(22(27)29)21(16-6-4-3-5-7-16)28-23(26-17)24-14-25-28/h3-12,14H,13H2,1-2H3. The number of nitrogens with zero attached hydrogens (tertiary/aromatic N) is 5. The summed E-state index contributed by atoms with van der Waals surface area (Å²) in [5, 5.41) is 4.80. The summed E-state index contributed by atoms with van der Waals surface area (Å²) >= 11 is 0. The summed E-state index contributed by atoms with van der Waals surface area (Å²) in [5.41, 5.74) is 2.87. The zero-order valence-corrected chi connectivity index (χ0v) is 17.0. The van der Waals surface area contributed by atoms with Crippen molar-refractivity contribution in [1.82, 2.24) is 24.1 Å². The van der Waals surface area contributed by atoms with Crippen molar-refractivity contribution in [1.29, 1.82) is 0 Å². The SMILES string of the molecule is COc1ccc(Cn2ccc3nc4ncnn4c(-c4ccccc4)c3c2=O)cc1OC. The lowest BCUT2D eigenvalue weighted by atomic mass is 10.1. The number of hydrogen-bond donors (Lipinski definition) is 0. The summed E-state index contributed by atoms with van der Waals surface area (Å²) in [6, 6.07) is 17.1. The number of rotatable bonds is 5. The third-order valence-corrected chi connectivity index (χ3v) is 5.19. The lowest BCUT2D eigenvalue weighted by molar-refractivity contribution is 0.354. The Kier molecular flexibility index (Phi) is 4.59. The van der Waals surface area contributed by atoms with Crippen LogP contribution < -0.4 is 15.0 Å². The fraction of sp³-hybridized carbons (Fsp3) is 0.130. The summed E-state index contributed by atoms with van der Waals surface area (Å²) < 4.78 is 14.0. The molecule has 0 aliphatic heterocycles. The molecule has 0 saturated carbocycles. The molecule has 0 saturated heterocycles. The van der Waals surface area contributed by atoms with Crippen LogP contribution in [-0.2, 0) is 6.54 Å². The third-order valence-electron chi connectivity index (χ3n) is 5.19. The molecule has 0 atom stereocenters. The molecule has 8 nitrogen and oxygen atoms in total. The normalized spacial score (nSPS) is 11.2. The summed E-state index contributed by atoms with van der Waals surface area (Å²) in [4.78, 5) is 22.3. The van der Waals surface area contributed by atoms with E-state index in [-0.39, 0.29) is 5.56 Å². The maximum absolute atomic E-state index is 13.6. The lowest BCUT2D eigenvalue weighted by Crippen LogP contribution is -2.22. The summed E-state index contributed by atoms with van der Waals surface area (Å²) in [6.07, 6.45) is 3.19. The van der Waals surface area contributed by atoms with Crippen LogP contribution in [-0.4, -0.2) is 38.4 Å². The fourth-order valence-corrected chi connectivity index (χ4v) is 3.73. The van der Waals surface area contributed by atoms with Gasteiger partial charge in [0.2, 0.25) is 0 Å². The third kappa shape index (κ3) is 3.18. The molecule has 0 N–H and O–H groups in total. The highest BCUT2D eigenvalue weighted by molar-refractivity contribution is 5.93. The van der Waals surface area contributed by atoms with Crippen molar-refractivity contribution in [3.05, 3.63) is 83.0 Å². The van der Waals surface area contributed by atoms with Crippen LogP contribution in [0.4, 0.5) is 0 Å². The van der Waals surface area contributed by atoms with E-state index in [4.69, 9.17) is 9.47 Å². The molecule has 0 unspecified atom stereocenters. The van der Waals surface area contributed by atoms with Crippen LogP contribution in [0, 0.1) is 0 Å². The molecule has 154 valence electrons. The molecule has 5 aromatic rings. The average Bonchev–Trinajstić information content (AvgIpc) is 3.28. The highest BCUT2D eigenvalue weighted by Gasteiger charge is 2.17. The zero-order chi connectivity index (χ0) is 21.4. The van der Waals surface area contributed by atoms with Crippen LogP contribution in [0.1, 0.15) is 5.56 Å². The minimum Gasteiger partial charge on any atom is -0.493 e. The van der Waals surface area contributed by atoms with Crippen molar-refractivity contribution in [2.75, 3.05) is 14.2 Å². The molecule has 0 radical (unpaired) electrons. The van der Waals surface area contributed by atoms with E-state index in [1.54, 1.807) is 29.5 Å². The summed E-state index contributed by atoms with van der Waals surface area (Å²) in [7, 11) is 3.18. The monoisotopic (exact) mass is 413 g/mol. The minimum absolute atomic E-state index is 0.156. The average molecular weight is 413 g/mol. The molecule has 31 heavy (non-hydrogen) atoms. The molecular weight excluding hydrogens is 394 g/mol. The van der Waals surface area contributed by atoms with Crippen molar-refractivity contribution >= 4 is 16.7 Å². The molecule has 5 rings (SSSR count). The quantitative estimate of drug-likeness (QED) is 0.440. The molecule has 0 aliphatic rings. The molecule has 0 fully saturated rings. The summed E-state index contributed by atoms with van der Waals surface area (Å²) in [6.45, 7) is 0.374. The summed E-state index contributed by atoms with van der Waals surface area (Å²) in [5.74, 6) is 1.70. The van der Waals surface area contributed by atoms with Crippen molar-refractivity contribution in [3.63, 3.8) is 0 Å². The Bertz CT molecular complexity index is 1460. The molecule has 3 aromatic heterocycles. The number of benzene rings is 2. The minimum atomic E-state index is -0.156. The first kappa shape index (κ1) is 18.8. The molecule has 0 spiro atoms. The van der Waals surface area contributed by atoms with E-state index >= 15 is 0 Å². The van der Waals surface area contributed by atoms with E-state index in [1.165, 1.54) is 6.33 Å². The second-order valence-electron chi connectivity index (χ2n) is 7.00. The Balaban J connectivity index is 1.71. The van der Waals surface area contributed by atoms with E-state index in [0.29, 0.717) is 40.4 Å². The first-order valence-corrected chi connectivity index (χ1v) is 9.69. The van der Waals surface area contributed by atoms with Crippen LogP contribution >= 0.6 is 0 Å². The van der Waals surface area contributed by atoms with Crippen LogP contribution in [0.5, 0.6) is 11.5 Å². The highest BCUT2D eigenvalue weighted by atomic mass is 16.5. The molecular formula is C23H19N5O3.